The highest BCUT2D eigenvalue weighted by Gasteiger charge is 2.30. The van der Waals surface area contributed by atoms with E-state index in [4.69, 9.17) is 20.4 Å². The third kappa shape index (κ3) is 4.27. The quantitative estimate of drug-likeness (QED) is 0.425. The molecule has 8 heteroatoms. The molecule has 0 saturated heterocycles. The molecule has 1 amide bonds. The lowest BCUT2D eigenvalue weighted by Gasteiger charge is -2.33. The Morgan fingerprint density at radius 2 is 1.92 bits per heavy atom. The van der Waals surface area contributed by atoms with Gasteiger partial charge in [0.15, 0.2) is 0 Å². The van der Waals surface area contributed by atoms with Crippen LogP contribution in [0.5, 0.6) is 5.75 Å². The molecular formula is C30H34N6O2. The van der Waals surface area contributed by atoms with Crippen LogP contribution in [0.4, 0.5) is 5.82 Å². The first-order valence-electron chi connectivity index (χ1n) is 13.3. The standard InChI is InChI=1S/C30H34N6O2/c1-18(28(31)37)36-19(2)34-25-14-21(5-7-26(25)36)20-6-8-27-22(13-20)16-35(11-12-38-27)29-23-15-30(3,4)10-9-24(23)32-17-33-29/h5-8,13-14,17-18H,9-12,15-16H2,1-4H3,(H2,31,37). The number of nitrogens with zero attached hydrogens (tertiary/aromatic N) is 5. The minimum Gasteiger partial charge on any atom is -0.491 e. The van der Waals surface area contributed by atoms with E-state index in [0.29, 0.717) is 6.61 Å². The maximum Gasteiger partial charge on any atom is 0.240 e. The molecule has 3 heterocycles. The zero-order valence-electron chi connectivity index (χ0n) is 22.5. The molecule has 1 unspecified atom stereocenters. The van der Waals surface area contributed by atoms with Gasteiger partial charge in [-0.3, -0.25) is 4.79 Å². The summed E-state index contributed by atoms with van der Waals surface area (Å²) in [4.78, 5) is 28.3. The lowest BCUT2D eigenvalue weighted by atomic mass is 9.76. The van der Waals surface area contributed by atoms with E-state index in [-0.39, 0.29) is 11.3 Å². The van der Waals surface area contributed by atoms with Crippen LogP contribution in [0.3, 0.4) is 0 Å². The lowest BCUT2D eigenvalue weighted by Crippen LogP contribution is -2.31. The van der Waals surface area contributed by atoms with Crippen LogP contribution in [0.15, 0.2) is 42.7 Å². The number of carbonyl (C=O) groups excluding carboxylic acids is 1. The Morgan fingerprint density at radius 3 is 2.74 bits per heavy atom. The number of hydrogen-bond acceptors (Lipinski definition) is 6. The molecule has 4 aromatic rings. The molecule has 2 aromatic carbocycles. The average Bonchev–Trinajstić information content (AvgIpc) is 3.07. The zero-order chi connectivity index (χ0) is 26.6. The number of aromatic nitrogens is 4. The van der Waals surface area contributed by atoms with Crippen LogP contribution in [0.1, 0.15) is 55.9 Å². The van der Waals surface area contributed by atoms with Crippen molar-refractivity contribution in [1.82, 2.24) is 19.5 Å². The lowest BCUT2D eigenvalue weighted by molar-refractivity contribution is -0.120. The molecule has 6 rings (SSSR count). The Morgan fingerprint density at radius 1 is 1.13 bits per heavy atom. The molecule has 0 fully saturated rings. The van der Waals surface area contributed by atoms with Gasteiger partial charge in [-0.2, -0.15) is 0 Å². The summed E-state index contributed by atoms with van der Waals surface area (Å²) in [6, 6.07) is 12.1. The van der Waals surface area contributed by atoms with Crippen molar-refractivity contribution in [3.63, 3.8) is 0 Å². The first-order valence-corrected chi connectivity index (χ1v) is 13.3. The maximum absolute atomic E-state index is 11.8. The van der Waals surface area contributed by atoms with E-state index >= 15 is 0 Å². The van der Waals surface area contributed by atoms with E-state index in [9.17, 15) is 4.79 Å². The second-order valence-corrected chi connectivity index (χ2v) is 11.4. The highest BCUT2D eigenvalue weighted by molar-refractivity contribution is 5.86. The fourth-order valence-electron chi connectivity index (χ4n) is 5.90. The molecule has 0 saturated carbocycles. The smallest absolute Gasteiger partial charge is 0.240 e. The molecule has 0 spiro atoms. The predicted molar refractivity (Wildman–Crippen MR) is 148 cm³/mol. The number of primary amides is 1. The normalized spacial score (nSPS) is 17.3. The van der Waals surface area contributed by atoms with Gasteiger partial charge in [0.1, 0.15) is 36.4 Å². The van der Waals surface area contributed by atoms with E-state index in [1.54, 1.807) is 13.3 Å². The number of carbonyl (C=O) groups is 1. The fourth-order valence-corrected chi connectivity index (χ4v) is 5.90. The second-order valence-electron chi connectivity index (χ2n) is 11.4. The molecule has 2 N–H and O–H groups in total. The van der Waals surface area contributed by atoms with Crippen LogP contribution in [0.25, 0.3) is 22.2 Å². The SMILES string of the molecule is Cc1nc2cc(-c3ccc4c(c3)CN(c3ncnc5c3CC(C)(C)CC5)CCO4)ccc2n1C(C)C(N)=O. The molecule has 1 aliphatic heterocycles. The Balaban J connectivity index is 1.34. The van der Waals surface area contributed by atoms with Crippen LogP contribution in [0.2, 0.25) is 0 Å². The predicted octanol–water partition coefficient (Wildman–Crippen LogP) is 4.76. The molecule has 0 radical (unpaired) electrons. The van der Waals surface area contributed by atoms with Gasteiger partial charge in [-0.15, -0.1) is 0 Å². The van der Waals surface area contributed by atoms with Gasteiger partial charge in [-0.05, 0) is 73.9 Å². The summed E-state index contributed by atoms with van der Waals surface area (Å²) in [6.45, 7) is 10.5. The Hall–Kier alpha value is -3.94. The molecule has 2 aliphatic rings. The number of benzene rings is 2. The number of aryl methyl sites for hydroxylation is 2. The van der Waals surface area contributed by atoms with Crippen molar-refractivity contribution < 1.29 is 9.53 Å². The molecular weight excluding hydrogens is 476 g/mol. The summed E-state index contributed by atoms with van der Waals surface area (Å²) in [5.74, 6) is 2.35. The number of hydrogen-bond donors (Lipinski definition) is 1. The summed E-state index contributed by atoms with van der Waals surface area (Å²) < 4.78 is 8.07. The highest BCUT2D eigenvalue weighted by atomic mass is 16.5. The van der Waals surface area contributed by atoms with Crippen molar-refractivity contribution in [2.24, 2.45) is 11.1 Å². The summed E-state index contributed by atoms with van der Waals surface area (Å²) in [5.41, 5.74) is 13.3. The molecule has 1 aliphatic carbocycles. The molecule has 38 heavy (non-hydrogen) atoms. The van der Waals surface area contributed by atoms with Crippen LogP contribution in [-0.4, -0.2) is 38.6 Å². The number of anilines is 1. The third-order valence-electron chi connectivity index (χ3n) is 8.04. The number of rotatable bonds is 4. The van der Waals surface area contributed by atoms with E-state index in [1.807, 2.05) is 17.6 Å². The topological polar surface area (TPSA) is 99.2 Å². The van der Waals surface area contributed by atoms with E-state index in [2.05, 4.69) is 54.1 Å². The zero-order valence-corrected chi connectivity index (χ0v) is 22.5. The van der Waals surface area contributed by atoms with Gasteiger partial charge in [-0.1, -0.05) is 26.0 Å². The van der Waals surface area contributed by atoms with Gasteiger partial charge < -0.3 is 19.9 Å². The number of amides is 1. The second kappa shape index (κ2) is 9.11. The van der Waals surface area contributed by atoms with Crippen LogP contribution in [0, 0.1) is 12.3 Å². The van der Waals surface area contributed by atoms with Crippen LogP contribution < -0.4 is 15.4 Å². The number of fused-ring (bicyclic) bond motifs is 3. The van der Waals surface area contributed by atoms with E-state index in [1.165, 1.54) is 11.3 Å². The Bertz CT molecular complexity index is 1560. The van der Waals surface area contributed by atoms with E-state index in [0.717, 1.165) is 77.5 Å². The van der Waals surface area contributed by atoms with Crippen molar-refractivity contribution in [1.29, 1.82) is 0 Å². The summed E-state index contributed by atoms with van der Waals surface area (Å²) in [5, 5.41) is 0. The molecule has 0 bridgehead atoms. The van der Waals surface area contributed by atoms with Crippen molar-refractivity contribution in [2.45, 2.75) is 59.5 Å². The van der Waals surface area contributed by atoms with Gasteiger partial charge in [-0.25, -0.2) is 15.0 Å². The van der Waals surface area contributed by atoms with Gasteiger partial charge >= 0.3 is 0 Å². The largest absolute Gasteiger partial charge is 0.491 e. The van der Waals surface area contributed by atoms with Gasteiger partial charge in [0.2, 0.25) is 5.91 Å². The van der Waals surface area contributed by atoms with Crippen molar-refractivity contribution >= 4 is 22.8 Å². The summed E-state index contributed by atoms with van der Waals surface area (Å²) in [6.07, 6.45) is 4.85. The molecule has 1 atom stereocenters. The van der Waals surface area contributed by atoms with Crippen LogP contribution >= 0.6 is 0 Å². The first-order chi connectivity index (χ1) is 18.2. The monoisotopic (exact) mass is 510 g/mol. The van der Waals surface area contributed by atoms with Gasteiger partial charge in [0, 0.05) is 23.4 Å². The molecule has 8 nitrogen and oxygen atoms in total. The average molecular weight is 511 g/mol. The number of ether oxygens (including phenoxy) is 1. The molecule has 2 aromatic heterocycles. The Labute approximate surface area is 222 Å². The van der Waals surface area contributed by atoms with Crippen molar-refractivity contribution in [2.75, 3.05) is 18.1 Å². The van der Waals surface area contributed by atoms with Gasteiger partial charge in [0.25, 0.3) is 0 Å². The summed E-state index contributed by atoms with van der Waals surface area (Å²) in [7, 11) is 0. The number of nitrogens with two attached hydrogens (primary N) is 1. The molecule has 196 valence electrons. The van der Waals surface area contributed by atoms with Gasteiger partial charge in [0.05, 0.1) is 17.6 Å². The minimum atomic E-state index is -0.459. The Kier molecular flexibility index (Phi) is 5.85. The van der Waals surface area contributed by atoms with Crippen molar-refractivity contribution in [3.05, 3.63) is 65.4 Å². The minimum absolute atomic E-state index is 0.249. The third-order valence-corrected chi connectivity index (χ3v) is 8.04. The van der Waals surface area contributed by atoms with Crippen LogP contribution in [-0.2, 0) is 24.2 Å². The highest BCUT2D eigenvalue weighted by Crippen LogP contribution is 2.39. The summed E-state index contributed by atoms with van der Waals surface area (Å²) >= 11 is 0. The fraction of sp³-hybridized carbons (Fsp3) is 0.400. The number of imidazole rings is 1. The maximum atomic E-state index is 11.8. The first kappa shape index (κ1) is 24.4. The van der Waals surface area contributed by atoms with E-state index < -0.39 is 6.04 Å². The van der Waals surface area contributed by atoms with Crippen molar-refractivity contribution in [3.8, 4) is 16.9 Å².